The van der Waals surface area contributed by atoms with Crippen LogP contribution < -0.4 is 9.47 Å². The minimum atomic E-state index is -0.801. The molecule has 1 heterocycles. The van der Waals surface area contributed by atoms with Gasteiger partial charge < -0.3 is 19.5 Å². The SMILES string of the molecule is COc1ccc(CC2CCN(CCF)CC2)c(OC)c1-c1cccc2c(CCC(=O)O)cccc12. The van der Waals surface area contributed by atoms with Gasteiger partial charge in [-0.2, -0.15) is 0 Å². The molecule has 5 nitrogen and oxygen atoms in total. The first-order chi connectivity index (χ1) is 17.0. The Morgan fingerprint density at radius 1 is 1.00 bits per heavy atom. The smallest absolute Gasteiger partial charge is 0.303 e. The number of fused-ring (bicyclic) bond motifs is 1. The summed E-state index contributed by atoms with van der Waals surface area (Å²) in [6, 6.07) is 16.3. The molecule has 0 saturated carbocycles. The Balaban J connectivity index is 1.73. The molecule has 4 rings (SSSR count). The second-order valence-corrected chi connectivity index (χ2v) is 9.22. The van der Waals surface area contributed by atoms with Crippen molar-refractivity contribution in [2.75, 3.05) is 40.5 Å². The second kappa shape index (κ2) is 11.5. The summed E-state index contributed by atoms with van der Waals surface area (Å²) in [6.07, 6.45) is 3.57. The van der Waals surface area contributed by atoms with Gasteiger partial charge in [-0.3, -0.25) is 4.79 Å². The van der Waals surface area contributed by atoms with Crippen molar-refractivity contribution in [3.05, 3.63) is 59.7 Å². The van der Waals surface area contributed by atoms with Crippen LogP contribution in [0.2, 0.25) is 0 Å². The molecule has 35 heavy (non-hydrogen) atoms. The summed E-state index contributed by atoms with van der Waals surface area (Å²) in [5.41, 5.74) is 4.09. The number of rotatable bonds is 10. The zero-order chi connectivity index (χ0) is 24.8. The number of methoxy groups -OCH3 is 2. The van der Waals surface area contributed by atoms with Gasteiger partial charge in [0.05, 0.1) is 19.8 Å². The van der Waals surface area contributed by atoms with Gasteiger partial charge >= 0.3 is 5.97 Å². The van der Waals surface area contributed by atoms with E-state index in [2.05, 4.69) is 23.1 Å². The minimum absolute atomic E-state index is 0.0929. The van der Waals surface area contributed by atoms with Gasteiger partial charge in [0.1, 0.15) is 18.2 Å². The number of aryl methyl sites for hydroxylation is 1. The van der Waals surface area contributed by atoms with E-state index >= 15 is 0 Å². The number of halogens is 1. The van der Waals surface area contributed by atoms with E-state index in [0.717, 1.165) is 76.9 Å². The number of hydrogen-bond donors (Lipinski definition) is 1. The monoisotopic (exact) mass is 479 g/mol. The van der Waals surface area contributed by atoms with Crippen molar-refractivity contribution in [2.24, 2.45) is 5.92 Å². The predicted molar refractivity (Wildman–Crippen MR) is 137 cm³/mol. The molecule has 0 atom stereocenters. The van der Waals surface area contributed by atoms with Crippen molar-refractivity contribution in [1.82, 2.24) is 4.90 Å². The van der Waals surface area contributed by atoms with Gasteiger partial charge in [0.25, 0.3) is 0 Å². The Kier molecular flexibility index (Phi) is 8.24. The van der Waals surface area contributed by atoms with Gasteiger partial charge in [-0.1, -0.05) is 42.5 Å². The minimum Gasteiger partial charge on any atom is -0.496 e. The fourth-order valence-electron chi connectivity index (χ4n) is 5.32. The molecule has 0 aliphatic carbocycles. The van der Waals surface area contributed by atoms with Crippen molar-refractivity contribution in [1.29, 1.82) is 0 Å². The van der Waals surface area contributed by atoms with Crippen LogP contribution >= 0.6 is 0 Å². The van der Waals surface area contributed by atoms with Crippen LogP contribution in [0.15, 0.2) is 48.5 Å². The highest BCUT2D eigenvalue weighted by molar-refractivity contribution is 6.01. The van der Waals surface area contributed by atoms with E-state index in [-0.39, 0.29) is 13.1 Å². The third-order valence-corrected chi connectivity index (χ3v) is 7.13. The number of piperidine rings is 1. The molecular formula is C29H34FNO4. The summed E-state index contributed by atoms with van der Waals surface area (Å²) in [5, 5.41) is 11.3. The summed E-state index contributed by atoms with van der Waals surface area (Å²) in [4.78, 5) is 13.4. The van der Waals surface area contributed by atoms with Gasteiger partial charge in [-0.25, -0.2) is 4.39 Å². The van der Waals surface area contributed by atoms with Gasteiger partial charge in [-0.05, 0) is 78.2 Å². The van der Waals surface area contributed by atoms with Crippen molar-refractivity contribution in [3.8, 4) is 22.6 Å². The number of carboxylic acids is 1. The normalized spacial score (nSPS) is 14.8. The largest absolute Gasteiger partial charge is 0.496 e. The van der Waals surface area contributed by atoms with Crippen molar-refractivity contribution in [2.45, 2.75) is 32.1 Å². The van der Waals surface area contributed by atoms with E-state index in [0.29, 0.717) is 18.9 Å². The van der Waals surface area contributed by atoms with E-state index in [4.69, 9.17) is 9.47 Å². The molecule has 0 spiro atoms. The lowest BCUT2D eigenvalue weighted by Gasteiger charge is -2.31. The molecule has 3 aromatic carbocycles. The quantitative estimate of drug-likeness (QED) is 0.400. The van der Waals surface area contributed by atoms with E-state index < -0.39 is 5.97 Å². The van der Waals surface area contributed by atoms with E-state index in [1.165, 1.54) is 0 Å². The summed E-state index contributed by atoms with van der Waals surface area (Å²) < 4.78 is 24.5. The molecule has 1 saturated heterocycles. The van der Waals surface area contributed by atoms with E-state index in [9.17, 15) is 14.3 Å². The first kappa shape index (κ1) is 25.0. The number of carboxylic acid groups (broad SMARTS) is 1. The van der Waals surface area contributed by atoms with Gasteiger partial charge in [0, 0.05) is 13.0 Å². The lowest BCUT2D eigenvalue weighted by molar-refractivity contribution is -0.136. The first-order valence-electron chi connectivity index (χ1n) is 12.3. The summed E-state index contributed by atoms with van der Waals surface area (Å²) in [5.74, 6) is 1.28. The average Bonchev–Trinajstić information content (AvgIpc) is 2.88. The molecule has 0 unspecified atom stereocenters. The Labute approximate surface area is 206 Å². The molecule has 0 amide bonds. The molecule has 1 aliphatic rings. The van der Waals surface area contributed by atoms with Crippen LogP contribution in [-0.4, -0.2) is 56.5 Å². The standard InChI is InChI=1S/C29H34FNO4/c1-34-26-11-9-22(19-20-13-16-31(17-14-20)18-15-30)29(35-2)28(26)25-8-4-6-23-21(10-12-27(32)33)5-3-7-24(23)25/h3-9,11,20H,10,12-19H2,1-2H3,(H,32,33). The van der Waals surface area contributed by atoms with Crippen LogP contribution in [0.5, 0.6) is 11.5 Å². The van der Waals surface area contributed by atoms with Crippen molar-refractivity contribution >= 4 is 16.7 Å². The summed E-state index contributed by atoms with van der Waals surface area (Å²) >= 11 is 0. The highest BCUT2D eigenvalue weighted by Crippen LogP contribution is 2.45. The molecule has 186 valence electrons. The number of likely N-dealkylation sites (tertiary alicyclic amines) is 1. The molecule has 0 aromatic heterocycles. The van der Waals surface area contributed by atoms with Crippen LogP contribution in [0.25, 0.3) is 21.9 Å². The third kappa shape index (κ3) is 5.59. The average molecular weight is 480 g/mol. The number of nitrogens with zero attached hydrogens (tertiary/aromatic N) is 1. The number of benzene rings is 3. The molecule has 0 bridgehead atoms. The second-order valence-electron chi connectivity index (χ2n) is 9.22. The van der Waals surface area contributed by atoms with Crippen LogP contribution in [-0.2, 0) is 17.6 Å². The zero-order valence-electron chi connectivity index (χ0n) is 20.6. The van der Waals surface area contributed by atoms with Crippen molar-refractivity contribution in [3.63, 3.8) is 0 Å². The fourth-order valence-corrected chi connectivity index (χ4v) is 5.32. The number of hydrogen-bond acceptors (Lipinski definition) is 4. The molecule has 1 fully saturated rings. The third-order valence-electron chi connectivity index (χ3n) is 7.13. The van der Waals surface area contributed by atoms with Crippen LogP contribution in [0.3, 0.4) is 0 Å². The number of aliphatic carboxylic acids is 1. The highest BCUT2D eigenvalue weighted by Gasteiger charge is 2.24. The highest BCUT2D eigenvalue weighted by atomic mass is 19.1. The first-order valence-corrected chi connectivity index (χ1v) is 12.3. The Morgan fingerprint density at radius 2 is 1.74 bits per heavy atom. The molecule has 3 aromatic rings. The fraction of sp³-hybridized carbons (Fsp3) is 0.414. The van der Waals surface area contributed by atoms with Gasteiger partial charge in [0.2, 0.25) is 0 Å². The molecule has 1 N–H and O–H groups in total. The van der Waals surface area contributed by atoms with Crippen LogP contribution in [0.1, 0.15) is 30.4 Å². The number of alkyl halides is 1. The summed E-state index contributed by atoms with van der Waals surface area (Å²) in [7, 11) is 3.37. The number of carbonyl (C=O) groups is 1. The van der Waals surface area contributed by atoms with E-state index in [1.54, 1.807) is 14.2 Å². The molecular weight excluding hydrogens is 445 g/mol. The topological polar surface area (TPSA) is 59.0 Å². The Bertz CT molecular complexity index is 1170. The Hall–Kier alpha value is -3.12. The zero-order valence-corrected chi connectivity index (χ0v) is 20.6. The lowest BCUT2D eigenvalue weighted by atomic mass is 9.87. The van der Waals surface area contributed by atoms with Crippen molar-refractivity contribution < 1.29 is 23.8 Å². The summed E-state index contributed by atoms with van der Waals surface area (Å²) in [6.45, 7) is 2.10. The van der Waals surface area contributed by atoms with Crippen LogP contribution in [0, 0.1) is 5.92 Å². The number of ether oxygens (including phenoxy) is 2. The van der Waals surface area contributed by atoms with E-state index in [1.807, 2.05) is 30.3 Å². The Morgan fingerprint density at radius 3 is 2.43 bits per heavy atom. The van der Waals surface area contributed by atoms with Gasteiger partial charge in [0.15, 0.2) is 0 Å². The van der Waals surface area contributed by atoms with Gasteiger partial charge in [-0.15, -0.1) is 0 Å². The maximum atomic E-state index is 12.7. The molecule has 1 aliphatic heterocycles. The molecule has 0 radical (unpaired) electrons. The van der Waals surface area contributed by atoms with Crippen LogP contribution in [0.4, 0.5) is 4.39 Å². The molecule has 6 heteroatoms. The maximum Gasteiger partial charge on any atom is 0.303 e. The lowest BCUT2D eigenvalue weighted by Crippen LogP contribution is -2.35. The maximum absolute atomic E-state index is 12.7. The predicted octanol–water partition coefficient (Wildman–Crippen LogP) is 5.77.